The summed E-state index contributed by atoms with van der Waals surface area (Å²) >= 11 is 1.69. The predicted octanol–water partition coefficient (Wildman–Crippen LogP) is 2.14. The maximum Gasteiger partial charge on any atom is 0.226 e. The fourth-order valence-electron chi connectivity index (χ4n) is 2.41. The Bertz CT molecular complexity index is 356. The second-order valence-corrected chi connectivity index (χ2v) is 5.68. The highest BCUT2D eigenvalue weighted by Crippen LogP contribution is 2.32. The van der Waals surface area contributed by atoms with E-state index in [1.165, 1.54) is 4.88 Å². The van der Waals surface area contributed by atoms with E-state index >= 15 is 0 Å². The average Bonchev–Trinajstić information content (AvgIpc) is 2.90. The first-order valence-corrected chi connectivity index (χ1v) is 7.16. The number of piperidine rings is 1. The van der Waals surface area contributed by atoms with E-state index < -0.39 is 0 Å². The van der Waals surface area contributed by atoms with E-state index in [4.69, 9.17) is 0 Å². The van der Waals surface area contributed by atoms with Crippen LogP contribution >= 0.6 is 11.3 Å². The minimum atomic E-state index is -0.136. The van der Waals surface area contributed by atoms with Crippen molar-refractivity contribution in [2.24, 2.45) is 5.41 Å². The fourth-order valence-corrected chi connectivity index (χ4v) is 3.06. The Morgan fingerprint density at radius 2 is 2.29 bits per heavy atom. The Labute approximate surface area is 107 Å². The molecule has 1 aliphatic rings. The lowest BCUT2D eigenvalue weighted by Gasteiger charge is -2.35. The molecule has 0 aromatic carbocycles. The lowest BCUT2D eigenvalue weighted by Crippen LogP contribution is -2.47. The second kappa shape index (κ2) is 5.65. The van der Waals surface area contributed by atoms with Crippen LogP contribution in [0.4, 0.5) is 0 Å². The number of thiophene rings is 1. The zero-order valence-electron chi connectivity index (χ0n) is 10.3. The molecule has 94 valence electrons. The standard InChI is InChI=1S/C13H20N2OS/c1-2-13(5-7-14-8-6-13)12(16)15-10-11-4-3-9-17-11/h3-4,9,14H,2,5-8,10H2,1H3,(H,15,16). The van der Waals surface area contributed by atoms with Gasteiger partial charge in [0.1, 0.15) is 0 Å². The van der Waals surface area contributed by atoms with Crippen LogP contribution in [0.1, 0.15) is 31.1 Å². The van der Waals surface area contributed by atoms with Crippen LogP contribution in [-0.4, -0.2) is 19.0 Å². The molecule has 1 amide bonds. The Morgan fingerprint density at radius 3 is 2.88 bits per heavy atom. The lowest BCUT2D eigenvalue weighted by atomic mass is 9.76. The van der Waals surface area contributed by atoms with Gasteiger partial charge >= 0.3 is 0 Å². The van der Waals surface area contributed by atoms with Gasteiger partial charge in [0, 0.05) is 4.88 Å². The van der Waals surface area contributed by atoms with Crippen molar-refractivity contribution >= 4 is 17.2 Å². The van der Waals surface area contributed by atoms with Crippen molar-refractivity contribution < 1.29 is 4.79 Å². The van der Waals surface area contributed by atoms with Crippen LogP contribution in [0.25, 0.3) is 0 Å². The fraction of sp³-hybridized carbons (Fsp3) is 0.615. The normalized spacial score (nSPS) is 18.9. The molecule has 17 heavy (non-hydrogen) atoms. The Balaban J connectivity index is 1.93. The first-order valence-electron chi connectivity index (χ1n) is 6.28. The Morgan fingerprint density at radius 1 is 1.53 bits per heavy atom. The zero-order valence-corrected chi connectivity index (χ0v) is 11.1. The van der Waals surface area contributed by atoms with Gasteiger partial charge in [-0.15, -0.1) is 11.3 Å². The van der Waals surface area contributed by atoms with E-state index in [0.29, 0.717) is 6.54 Å². The SMILES string of the molecule is CCC1(C(=O)NCc2cccs2)CCNCC1. The third-order valence-corrected chi connectivity index (χ3v) is 4.60. The molecule has 3 nitrogen and oxygen atoms in total. The molecule has 0 unspecified atom stereocenters. The molecule has 2 heterocycles. The molecule has 0 saturated carbocycles. The van der Waals surface area contributed by atoms with Crippen molar-refractivity contribution in [1.29, 1.82) is 0 Å². The van der Waals surface area contributed by atoms with Gasteiger partial charge in [-0.25, -0.2) is 0 Å². The summed E-state index contributed by atoms with van der Waals surface area (Å²) in [6.07, 6.45) is 2.85. The maximum absolute atomic E-state index is 12.3. The molecule has 0 spiro atoms. The van der Waals surface area contributed by atoms with Crippen LogP contribution in [-0.2, 0) is 11.3 Å². The molecule has 0 atom stereocenters. The highest BCUT2D eigenvalue weighted by atomic mass is 32.1. The quantitative estimate of drug-likeness (QED) is 0.862. The Kier molecular flexibility index (Phi) is 4.18. The monoisotopic (exact) mass is 252 g/mol. The summed E-state index contributed by atoms with van der Waals surface area (Å²) in [5, 5.41) is 8.45. The van der Waals surface area contributed by atoms with Crippen LogP contribution in [0.5, 0.6) is 0 Å². The van der Waals surface area contributed by atoms with Crippen molar-refractivity contribution in [2.45, 2.75) is 32.7 Å². The highest BCUT2D eigenvalue weighted by Gasteiger charge is 2.37. The zero-order chi connectivity index (χ0) is 12.1. The summed E-state index contributed by atoms with van der Waals surface area (Å²) in [5.74, 6) is 0.231. The molecule has 0 bridgehead atoms. The summed E-state index contributed by atoms with van der Waals surface area (Å²) in [7, 11) is 0. The van der Waals surface area contributed by atoms with Crippen LogP contribution < -0.4 is 10.6 Å². The van der Waals surface area contributed by atoms with Gasteiger partial charge in [-0.1, -0.05) is 13.0 Å². The van der Waals surface area contributed by atoms with Gasteiger partial charge in [-0.05, 0) is 43.8 Å². The van der Waals surface area contributed by atoms with E-state index in [9.17, 15) is 4.79 Å². The van der Waals surface area contributed by atoms with E-state index in [-0.39, 0.29) is 11.3 Å². The number of rotatable bonds is 4. The summed E-state index contributed by atoms with van der Waals surface area (Å²) in [5.41, 5.74) is -0.136. The van der Waals surface area contributed by atoms with Crippen LogP contribution in [0, 0.1) is 5.41 Å². The van der Waals surface area contributed by atoms with Crippen molar-refractivity contribution in [3.63, 3.8) is 0 Å². The largest absolute Gasteiger partial charge is 0.351 e. The summed E-state index contributed by atoms with van der Waals surface area (Å²) in [6, 6.07) is 4.08. The number of nitrogens with one attached hydrogen (secondary N) is 2. The summed E-state index contributed by atoms with van der Waals surface area (Å²) in [6.45, 7) is 4.71. The lowest BCUT2D eigenvalue weighted by molar-refractivity contribution is -0.133. The molecule has 1 saturated heterocycles. The number of hydrogen-bond donors (Lipinski definition) is 2. The van der Waals surface area contributed by atoms with E-state index in [2.05, 4.69) is 23.6 Å². The van der Waals surface area contributed by atoms with Crippen LogP contribution in [0.3, 0.4) is 0 Å². The first-order chi connectivity index (χ1) is 8.27. The van der Waals surface area contributed by atoms with Gasteiger partial charge in [-0.3, -0.25) is 4.79 Å². The number of carbonyl (C=O) groups is 1. The smallest absolute Gasteiger partial charge is 0.226 e. The summed E-state index contributed by atoms with van der Waals surface area (Å²) < 4.78 is 0. The average molecular weight is 252 g/mol. The predicted molar refractivity (Wildman–Crippen MR) is 71.0 cm³/mol. The molecule has 1 aliphatic heterocycles. The van der Waals surface area contributed by atoms with E-state index in [0.717, 1.165) is 32.4 Å². The molecular weight excluding hydrogens is 232 g/mol. The van der Waals surface area contributed by atoms with Crippen molar-refractivity contribution in [2.75, 3.05) is 13.1 Å². The topological polar surface area (TPSA) is 41.1 Å². The minimum Gasteiger partial charge on any atom is -0.351 e. The highest BCUT2D eigenvalue weighted by molar-refractivity contribution is 7.09. The number of carbonyl (C=O) groups excluding carboxylic acids is 1. The maximum atomic E-state index is 12.3. The molecule has 4 heteroatoms. The third-order valence-electron chi connectivity index (χ3n) is 3.72. The number of amides is 1. The first kappa shape index (κ1) is 12.6. The van der Waals surface area contributed by atoms with Crippen molar-refractivity contribution in [3.8, 4) is 0 Å². The molecule has 2 rings (SSSR count). The van der Waals surface area contributed by atoms with Crippen molar-refractivity contribution in [1.82, 2.24) is 10.6 Å². The summed E-state index contributed by atoms with van der Waals surface area (Å²) in [4.78, 5) is 13.5. The van der Waals surface area contributed by atoms with Crippen molar-refractivity contribution in [3.05, 3.63) is 22.4 Å². The number of hydrogen-bond acceptors (Lipinski definition) is 3. The minimum absolute atomic E-state index is 0.136. The van der Waals surface area contributed by atoms with E-state index in [1.54, 1.807) is 11.3 Å². The molecule has 2 N–H and O–H groups in total. The van der Waals surface area contributed by atoms with E-state index in [1.807, 2.05) is 11.4 Å². The van der Waals surface area contributed by atoms with Gasteiger partial charge in [-0.2, -0.15) is 0 Å². The van der Waals surface area contributed by atoms with Gasteiger partial charge in [0.25, 0.3) is 0 Å². The van der Waals surface area contributed by atoms with Crippen LogP contribution in [0.15, 0.2) is 17.5 Å². The molecular formula is C13H20N2OS. The van der Waals surface area contributed by atoms with Gasteiger partial charge in [0.2, 0.25) is 5.91 Å². The third kappa shape index (κ3) is 2.87. The van der Waals surface area contributed by atoms with Gasteiger partial charge < -0.3 is 10.6 Å². The molecule has 1 aromatic rings. The van der Waals surface area contributed by atoms with Crippen LogP contribution in [0.2, 0.25) is 0 Å². The molecule has 1 aromatic heterocycles. The second-order valence-electron chi connectivity index (χ2n) is 4.65. The van der Waals surface area contributed by atoms with Gasteiger partial charge in [0.05, 0.1) is 12.0 Å². The molecule has 1 fully saturated rings. The molecule has 0 aliphatic carbocycles. The van der Waals surface area contributed by atoms with Gasteiger partial charge in [0.15, 0.2) is 0 Å². The molecule has 0 radical (unpaired) electrons. The Hall–Kier alpha value is -0.870.